The van der Waals surface area contributed by atoms with Gasteiger partial charge in [-0.3, -0.25) is 4.79 Å². The lowest BCUT2D eigenvalue weighted by Crippen LogP contribution is -2.34. The molecule has 0 saturated carbocycles. The first-order valence-electron chi connectivity index (χ1n) is 7.82. The second kappa shape index (κ2) is 9.20. The Balaban J connectivity index is 0.00000225. The molecule has 5 nitrogen and oxygen atoms in total. The van der Waals surface area contributed by atoms with Gasteiger partial charge >= 0.3 is 0 Å². The fourth-order valence-electron chi connectivity index (χ4n) is 2.59. The first-order valence-corrected chi connectivity index (χ1v) is 8.61. The second-order valence-corrected chi connectivity index (χ2v) is 6.70. The second-order valence-electron chi connectivity index (χ2n) is 5.78. The number of hydrogen-bond donors (Lipinski definition) is 3. The number of halogens is 2. The lowest BCUT2D eigenvalue weighted by atomic mass is 10.1. The molecule has 1 amide bonds. The van der Waals surface area contributed by atoms with Gasteiger partial charge in [0.2, 0.25) is 0 Å². The van der Waals surface area contributed by atoms with Gasteiger partial charge in [0, 0.05) is 35.6 Å². The number of β-amino-alcohol motifs (C(OH)–C–C–N with tert-alkyl or cyclic N) is 1. The van der Waals surface area contributed by atoms with Gasteiger partial charge in [-0.2, -0.15) is 0 Å². The Labute approximate surface area is 161 Å². The standard InChI is InChI=1S/C18H19BrN2O3.ClH/c19-14-2-1-3-16(8-14)24-15-6-4-12(5-7-15)18(23)21-10-13-9-20-11-17(13)22;/h1-8,13,17,20,22H,9-11H2,(H,21,23);1H. The zero-order valence-electron chi connectivity index (χ0n) is 13.4. The topological polar surface area (TPSA) is 70.6 Å². The van der Waals surface area contributed by atoms with E-state index in [-0.39, 0.29) is 24.2 Å². The van der Waals surface area contributed by atoms with Crippen LogP contribution in [-0.4, -0.2) is 36.8 Å². The minimum Gasteiger partial charge on any atom is -0.457 e. The number of rotatable bonds is 5. The summed E-state index contributed by atoms with van der Waals surface area (Å²) in [5, 5.41) is 15.7. The van der Waals surface area contributed by atoms with Gasteiger partial charge in [-0.25, -0.2) is 0 Å². The molecule has 0 aliphatic carbocycles. The summed E-state index contributed by atoms with van der Waals surface area (Å²) >= 11 is 3.40. The van der Waals surface area contributed by atoms with E-state index in [1.807, 2.05) is 24.3 Å². The van der Waals surface area contributed by atoms with E-state index >= 15 is 0 Å². The van der Waals surface area contributed by atoms with Gasteiger partial charge < -0.3 is 20.5 Å². The third kappa shape index (κ3) is 5.44. The Hall–Kier alpha value is -1.60. The molecule has 2 unspecified atom stereocenters. The average molecular weight is 428 g/mol. The molecule has 134 valence electrons. The van der Waals surface area contributed by atoms with Gasteiger partial charge in [0.1, 0.15) is 11.5 Å². The van der Waals surface area contributed by atoms with Gasteiger partial charge in [-0.15, -0.1) is 12.4 Å². The molecule has 25 heavy (non-hydrogen) atoms. The van der Waals surface area contributed by atoms with Gasteiger partial charge in [0.15, 0.2) is 0 Å². The Morgan fingerprint density at radius 1 is 1.20 bits per heavy atom. The average Bonchev–Trinajstić information content (AvgIpc) is 2.98. The molecule has 7 heteroatoms. The van der Waals surface area contributed by atoms with Crippen LogP contribution in [0.1, 0.15) is 10.4 Å². The molecule has 1 heterocycles. The molecule has 2 aromatic carbocycles. The van der Waals surface area contributed by atoms with Crippen molar-refractivity contribution < 1.29 is 14.6 Å². The van der Waals surface area contributed by atoms with Crippen molar-refractivity contribution in [3.05, 3.63) is 58.6 Å². The Morgan fingerprint density at radius 2 is 1.96 bits per heavy atom. The number of benzene rings is 2. The summed E-state index contributed by atoms with van der Waals surface area (Å²) in [6, 6.07) is 14.6. The molecule has 1 saturated heterocycles. The lowest BCUT2D eigenvalue weighted by Gasteiger charge is -2.14. The molecular formula is C18H20BrClN2O3. The zero-order chi connectivity index (χ0) is 16.9. The molecule has 2 atom stereocenters. The van der Waals surface area contributed by atoms with E-state index in [0.29, 0.717) is 24.4 Å². The molecule has 0 bridgehead atoms. The maximum atomic E-state index is 12.2. The van der Waals surface area contributed by atoms with E-state index in [4.69, 9.17) is 4.74 Å². The van der Waals surface area contributed by atoms with E-state index in [9.17, 15) is 9.90 Å². The van der Waals surface area contributed by atoms with Crippen LogP contribution >= 0.6 is 28.3 Å². The monoisotopic (exact) mass is 426 g/mol. The van der Waals surface area contributed by atoms with Crippen molar-refractivity contribution >= 4 is 34.2 Å². The van der Waals surface area contributed by atoms with Crippen LogP contribution in [0.5, 0.6) is 11.5 Å². The van der Waals surface area contributed by atoms with E-state index in [0.717, 1.165) is 16.8 Å². The summed E-state index contributed by atoms with van der Waals surface area (Å²) in [5.74, 6) is 1.31. The van der Waals surface area contributed by atoms with Crippen LogP contribution in [0.2, 0.25) is 0 Å². The first kappa shape index (κ1) is 19.7. The molecule has 0 spiro atoms. The summed E-state index contributed by atoms with van der Waals surface area (Å²) < 4.78 is 6.69. The molecule has 1 aliphatic heterocycles. The smallest absolute Gasteiger partial charge is 0.251 e. The Kier molecular flexibility index (Phi) is 7.25. The van der Waals surface area contributed by atoms with Crippen LogP contribution in [0, 0.1) is 5.92 Å². The normalized spacial score (nSPS) is 19.1. The number of amides is 1. The Morgan fingerprint density at radius 3 is 2.60 bits per heavy atom. The number of nitrogens with one attached hydrogen (secondary N) is 2. The summed E-state index contributed by atoms with van der Waals surface area (Å²) in [6.07, 6.45) is -0.397. The summed E-state index contributed by atoms with van der Waals surface area (Å²) in [4.78, 5) is 12.2. The van der Waals surface area contributed by atoms with Gasteiger partial charge in [0.05, 0.1) is 6.10 Å². The van der Waals surface area contributed by atoms with Crippen molar-refractivity contribution in [1.82, 2.24) is 10.6 Å². The molecular weight excluding hydrogens is 408 g/mol. The fourth-order valence-corrected chi connectivity index (χ4v) is 2.97. The quantitative estimate of drug-likeness (QED) is 0.686. The number of ether oxygens (including phenoxy) is 1. The van der Waals surface area contributed by atoms with Crippen molar-refractivity contribution in [2.45, 2.75) is 6.10 Å². The van der Waals surface area contributed by atoms with Crippen molar-refractivity contribution in [3.8, 4) is 11.5 Å². The van der Waals surface area contributed by atoms with Gasteiger partial charge in [-0.05, 0) is 42.5 Å². The summed E-state index contributed by atoms with van der Waals surface area (Å²) in [6.45, 7) is 1.77. The van der Waals surface area contributed by atoms with Gasteiger partial charge in [0.25, 0.3) is 5.91 Å². The highest BCUT2D eigenvalue weighted by Crippen LogP contribution is 2.24. The minimum absolute atomic E-state index is 0. The number of carbonyl (C=O) groups excluding carboxylic acids is 1. The number of aliphatic hydroxyl groups is 1. The summed E-state index contributed by atoms with van der Waals surface area (Å²) in [7, 11) is 0. The predicted molar refractivity (Wildman–Crippen MR) is 103 cm³/mol. The SMILES string of the molecule is Cl.O=C(NCC1CNCC1O)c1ccc(Oc2cccc(Br)c2)cc1. The number of carbonyl (C=O) groups is 1. The largest absolute Gasteiger partial charge is 0.457 e. The van der Waals surface area contributed by atoms with Crippen LogP contribution in [0.3, 0.4) is 0 Å². The first-order chi connectivity index (χ1) is 11.6. The summed E-state index contributed by atoms with van der Waals surface area (Å²) in [5.41, 5.74) is 0.567. The fraction of sp³-hybridized carbons (Fsp3) is 0.278. The maximum Gasteiger partial charge on any atom is 0.251 e. The lowest BCUT2D eigenvalue weighted by molar-refractivity contribution is 0.0927. The molecule has 1 fully saturated rings. The minimum atomic E-state index is -0.397. The molecule has 2 aromatic rings. The third-order valence-corrected chi connectivity index (χ3v) is 4.47. The van der Waals surface area contributed by atoms with Crippen LogP contribution in [-0.2, 0) is 0 Å². The van der Waals surface area contributed by atoms with Crippen molar-refractivity contribution in [2.24, 2.45) is 5.92 Å². The molecule has 0 aromatic heterocycles. The van der Waals surface area contributed by atoms with Crippen LogP contribution in [0.25, 0.3) is 0 Å². The highest BCUT2D eigenvalue weighted by Gasteiger charge is 2.25. The van der Waals surface area contributed by atoms with Crippen molar-refractivity contribution in [3.63, 3.8) is 0 Å². The van der Waals surface area contributed by atoms with Crippen molar-refractivity contribution in [1.29, 1.82) is 0 Å². The molecule has 0 radical (unpaired) electrons. The van der Waals surface area contributed by atoms with E-state index in [1.165, 1.54) is 0 Å². The van der Waals surface area contributed by atoms with Crippen molar-refractivity contribution in [2.75, 3.05) is 19.6 Å². The Bertz CT molecular complexity index is 712. The van der Waals surface area contributed by atoms with Crippen LogP contribution in [0.4, 0.5) is 0 Å². The van der Waals surface area contributed by atoms with Crippen LogP contribution < -0.4 is 15.4 Å². The number of hydrogen-bond acceptors (Lipinski definition) is 4. The van der Waals surface area contributed by atoms with Gasteiger partial charge in [-0.1, -0.05) is 22.0 Å². The highest BCUT2D eigenvalue weighted by molar-refractivity contribution is 9.10. The number of aliphatic hydroxyl groups excluding tert-OH is 1. The molecule has 3 N–H and O–H groups in total. The maximum absolute atomic E-state index is 12.2. The van der Waals surface area contributed by atoms with E-state index < -0.39 is 6.10 Å². The predicted octanol–water partition coefficient (Wildman–Crippen LogP) is 2.97. The van der Waals surface area contributed by atoms with Crippen LogP contribution in [0.15, 0.2) is 53.0 Å². The molecule has 1 aliphatic rings. The van der Waals surface area contributed by atoms with E-state index in [2.05, 4.69) is 26.6 Å². The zero-order valence-corrected chi connectivity index (χ0v) is 15.8. The molecule has 3 rings (SSSR count). The highest BCUT2D eigenvalue weighted by atomic mass is 79.9. The third-order valence-electron chi connectivity index (χ3n) is 3.98. The van der Waals surface area contributed by atoms with E-state index in [1.54, 1.807) is 24.3 Å².